The van der Waals surface area contributed by atoms with Gasteiger partial charge in [-0.2, -0.15) is 0 Å². The number of anilines is 1. The molecule has 3 aromatic rings. The highest BCUT2D eigenvalue weighted by molar-refractivity contribution is 7.90. The number of carbonyl (C=O) groups is 3. The number of nitrogens with zero attached hydrogens (tertiary/aromatic N) is 4. The molecule has 0 saturated carbocycles. The minimum absolute atomic E-state index is 0.258. The van der Waals surface area contributed by atoms with Crippen LogP contribution in [-0.2, 0) is 14.6 Å². The summed E-state index contributed by atoms with van der Waals surface area (Å²) >= 11 is 1.41. The fraction of sp³-hybridized carbons (Fsp3) is 0.273. The lowest BCUT2D eigenvalue weighted by molar-refractivity contribution is -0.131. The van der Waals surface area contributed by atoms with E-state index in [2.05, 4.69) is 9.88 Å². The molecule has 9 nitrogen and oxygen atoms in total. The lowest BCUT2D eigenvalue weighted by Gasteiger charge is -2.35. The smallest absolute Gasteiger partial charge is 0.262 e. The van der Waals surface area contributed by atoms with Crippen molar-refractivity contribution in [2.24, 2.45) is 0 Å². The van der Waals surface area contributed by atoms with Crippen LogP contribution in [0.2, 0.25) is 0 Å². The van der Waals surface area contributed by atoms with Crippen molar-refractivity contribution in [2.75, 3.05) is 43.9 Å². The summed E-state index contributed by atoms with van der Waals surface area (Å²) in [4.78, 5) is 47.4. The second-order valence-corrected chi connectivity index (χ2v) is 11.0. The van der Waals surface area contributed by atoms with E-state index in [-0.39, 0.29) is 17.3 Å². The molecule has 0 atom stereocenters. The topological polar surface area (TPSA) is 108 Å². The van der Waals surface area contributed by atoms with Gasteiger partial charge in [-0.05, 0) is 30.3 Å². The Kier molecular flexibility index (Phi) is 5.17. The molecule has 170 valence electrons. The second kappa shape index (κ2) is 7.92. The summed E-state index contributed by atoms with van der Waals surface area (Å²) in [7, 11) is -3.29. The third-order valence-electron chi connectivity index (χ3n) is 5.85. The maximum absolute atomic E-state index is 12.8. The van der Waals surface area contributed by atoms with Gasteiger partial charge in [0.15, 0.2) is 15.0 Å². The molecular formula is C22H20N4O5S2. The third kappa shape index (κ3) is 3.87. The molecule has 2 aliphatic rings. The van der Waals surface area contributed by atoms with Gasteiger partial charge >= 0.3 is 0 Å². The van der Waals surface area contributed by atoms with E-state index in [1.807, 2.05) is 0 Å². The molecule has 33 heavy (non-hydrogen) atoms. The van der Waals surface area contributed by atoms with Crippen LogP contribution in [0.4, 0.5) is 5.13 Å². The number of benzene rings is 2. The predicted octanol–water partition coefficient (Wildman–Crippen LogP) is 1.64. The van der Waals surface area contributed by atoms with Crippen LogP contribution in [0, 0.1) is 0 Å². The van der Waals surface area contributed by atoms with Gasteiger partial charge in [-0.15, -0.1) is 0 Å². The summed E-state index contributed by atoms with van der Waals surface area (Å²) in [6.07, 6.45) is 1.17. The first-order valence-electron chi connectivity index (χ1n) is 10.3. The zero-order valence-corrected chi connectivity index (χ0v) is 19.4. The zero-order valence-electron chi connectivity index (χ0n) is 17.7. The molecule has 11 heteroatoms. The average molecular weight is 485 g/mol. The lowest BCUT2D eigenvalue weighted by Crippen LogP contribution is -2.51. The molecule has 0 bridgehead atoms. The van der Waals surface area contributed by atoms with E-state index < -0.39 is 21.7 Å². The Bertz CT molecular complexity index is 1370. The van der Waals surface area contributed by atoms with Gasteiger partial charge in [-0.25, -0.2) is 13.4 Å². The molecule has 0 spiro atoms. The molecule has 1 saturated heterocycles. The minimum atomic E-state index is -3.29. The quantitative estimate of drug-likeness (QED) is 0.518. The van der Waals surface area contributed by atoms with Crippen molar-refractivity contribution in [3.63, 3.8) is 0 Å². The van der Waals surface area contributed by atoms with Crippen molar-refractivity contribution in [2.45, 2.75) is 4.90 Å². The predicted molar refractivity (Wildman–Crippen MR) is 123 cm³/mol. The number of piperazine rings is 1. The van der Waals surface area contributed by atoms with E-state index in [0.717, 1.165) is 20.2 Å². The van der Waals surface area contributed by atoms with Crippen molar-refractivity contribution >= 4 is 54.2 Å². The first-order valence-corrected chi connectivity index (χ1v) is 13.0. The molecule has 0 N–H and O–H groups in total. The van der Waals surface area contributed by atoms with Crippen LogP contribution < -0.4 is 4.90 Å². The van der Waals surface area contributed by atoms with Crippen molar-refractivity contribution in [1.29, 1.82) is 0 Å². The highest BCUT2D eigenvalue weighted by atomic mass is 32.2. The number of hydrogen-bond donors (Lipinski definition) is 0. The summed E-state index contributed by atoms with van der Waals surface area (Å²) in [5.41, 5.74) is 1.39. The molecule has 3 heterocycles. The first kappa shape index (κ1) is 21.5. The Balaban J connectivity index is 1.24. The van der Waals surface area contributed by atoms with Crippen LogP contribution in [0.5, 0.6) is 0 Å². The van der Waals surface area contributed by atoms with Crippen LogP contribution >= 0.6 is 11.3 Å². The maximum Gasteiger partial charge on any atom is 0.262 e. The summed E-state index contributed by atoms with van der Waals surface area (Å²) < 4.78 is 24.4. The van der Waals surface area contributed by atoms with Gasteiger partial charge in [0.1, 0.15) is 6.54 Å². The van der Waals surface area contributed by atoms with Crippen LogP contribution in [0.25, 0.3) is 10.2 Å². The molecule has 0 aliphatic carbocycles. The summed E-state index contributed by atoms with van der Waals surface area (Å²) in [5, 5.41) is 0.767. The Morgan fingerprint density at radius 1 is 1.00 bits per heavy atom. The Morgan fingerprint density at radius 2 is 1.64 bits per heavy atom. The van der Waals surface area contributed by atoms with Gasteiger partial charge in [0.25, 0.3) is 11.8 Å². The second-order valence-electron chi connectivity index (χ2n) is 8.01. The number of amides is 3. The zero-order chi connectivity index (χ0) is 23.3. The molecule has 1 aromatic heterocycles. The largest absolute Gasteiger partial charge is 0.345 e. The number of thiazole rings is 1. The SMILES string of the molecule is CS(=O)(=O)c1ccc2nc(N3CCN(C(=O)CN4C(=O)c5ccccc5C4=O)CC3)sc2c1. The minimum Gasteiger partial charge on any atom is -0.345 e. The summed E-state index contributed by atoms with van der Waals surface area (Å²) in [6.45, 7) is 1.69. The van der Waals surface area contributed by atoms with Crippen LogP contribution in [0.3, 0.4) is 0 Å². The molecule has 2 aromatic carbocycles. The standard InChI is InChI=1S/C22H20N4O5S2/c1-33(30,31)14-6-7-17-18(12-14)32-22(23-17)25-10-8-24(9-11-25)19(27)13-26-20(28)15-4-2-3-5-16(15)21(26)29/h2-7,12H,8-11,13H2,1H3. The number of fused-ring (bicyclic) bond motifs is 2. The summed E-state index contributed by atoms with van der Waals surface area (Å²) in [6, 6.07) is 11.5. The van der Waals surface area contributed by atoms with Gasteiger partial charge in [0.05, 0.1) is 26.2 Å². The van der Waals surface area contributed by atoms with E-state index in [0.29, 0.717) is 37.3 Å². The van der Waals surface area contributed by atoms with Crippen molar-refractivity contribution < 1.29 is 22.8 Å². The molecule has 3 amide bonds. The number of aromatic nitrogens is 1. The van der Waals surface area contributed by atoms with E-state index >= 15 is 0 Å². The van der Waals surface area contributed by atoms with Crippen molar-refractivity contribution in [3.8, 4) is 0 Å². The number of sulfone groups is 1. The van der Waals surface area contributed by atoms with Crippen molar-refractivity contribution in [3.05, 3.63) is 53.6 Å². The van der Waals surface area contributed by atoms with Gasteiger partial charge in [0.2, 0.25) is 5.91 Å². The molecule has 1 fully saturated rings. The first-order chi connectivity index (χ1) is 15.7. The highest BCUT2D eigenvalue weighted by Gasteiger charge is 2.37. The van der Waals surface area contributed by atoms with Crippen molar-refractivity contribution in [1.82, 2.24) is 14.8 Å². The number of rotatable bonds is 4. The van der Waals surface area contributed by atoms with Crippen LogP contribution in [0.15, 0.2) is 47.4 Å². The third-order valence-corrected chi connectivity index (χ3v) is 8.04. The molecular weight excluding hydrogens is 464 g/mol. The van der Waals surface area contributed by atoms with E-state index in [1.54, 1.807) is 47.4 Å². The van der Waals surface area contributed by atoms with E-state index in [4.69, 9.17) is 0 Å². The van der Waals surface area contributed by atoms with Crippen LogP contribution in [-0.4, -0.2) is 79.9 Å². The van der Waals surface area contributed by atoms with Gasteiger partial charge in [-0.3, -0.25) is 19.3 Å². The molecule has 5 rings (SSSR count). The Labute approximate surface area is 194 Å². The Hall–Kier alpha value is -3.31. The molecule has 0 radical (unpaired) electrons. The summed E-state index contributed by atoms with van der Waals surface area (Å²) in [5.74, 6) is -1.15. The molecule has 2 aliphatic heterocycles. The van der Waals surface area contributed by atoms with E-state index in [9.17, 15) is 22.8 Å². The number of hydrogen-bond acceptors (Lipinski definition) is 8. The normalized spacial score (nSPS) is 16.6. The fourth-order valence-electron chi connectivity index (χ4n) is 4.02. The Morgan fingerprint density at radius 3 is 2.24 bits per heavy atom. The number of carbonyl (C=O) groups excluding carboxylic acids is 3. The highest BCUT2D eigenvalue weighted by Crippen LogP contribution is 2.31. The molecule has 0 unspecified atom stereocenters. The fourth-order valence-corrected chi connectivity index (χ4v) is 5.80. The van der Waals surface area contributed by atoms with Gasteiger partial charge < -0.3 is 9.80 Å². The van der Waals surface area contributed by atoms with Gasteiger partial charge in [0, 0.05) is 32.4 Å². The lowest BCUT2D eigenvalue weighted by atomic mass is 10.1. The van der Waals surface area contributed by atoms with E-state index in [1.165, 1.54) is 17.6 Å². The monoisotopic (exact) mass is 484 g/mol. The van der Waals surface area contributed by atoms with Gasteiger partial charge in [-0.1, -0.05) is 23.5 Å². The number of imide groups is 1. The average Bonchev–Trinajstić information content (AvgIpc) is 3.33. The van der Waals surface area contributed by atoms with Crippen LogP contribution in [0.1, 0.15) is 20.7 Å². The maximum atomic E-state index is 12.8.